The van der Waals surface area contributed by atoms with Crippen molar-refractivity contribution in [1.29, 1.82) is 0 Å². The van der Waals surface area contributed by atoms with Gasteiger partial charge in [0.1, 0.15) is 6.42 Å². The minimum atomic E-state index is -5.50. The average Bonchev–Trinajstić information content (AvgIpc) is 1.97. The molecule has 0 aliphatic carbocycles. The smallest absolute Gasteiger partial charge is 0.395 e. The van der Waals surface area contributed by atoms with Crippen LogP contribution in [0.2, 0.25) is 0 Å². The van der Waals surface area contributed by atoms with E-state index in [2.05, 4.69) is 0 Å². The molecule has 0 aromatic rings. The Bertz CT molecular complexity index is 329. The summed E-state index contributed by atoms with van der Waals surface area (Å²) in [4.78, 5) is 10.0. The molecular weight excluding hydrogens is 261 g/mol. The number of rotatable bonds is 4. The number of carboxylic acids is 1. The Morgan fingerprint density at radius 1 is 1.12 bits per heavy atom. The van der Waals surface area contributed by atoms with Gasteiger partial charge in [0.15, 0.2) is 0 Å². The van der Waals surface area contributed by atoms with Crippen molar-refractivity contribution in [2.75, 3.05) is 0 Å². The zero-order valence-corrected chi connectivity index (χ0v) is 8.25. The Labute approximate surface area is 90.7 Å². The zero-order valence-electron chi connectivity index (χ0n) is 8.25. The molecule has 0 rings (SSSR count). The van der Waals surface area contributed by atoms with Gasteiger partial charge in [-0.3, -0.25) is 0 Å². The van der Waals surface area contributed by atoms with Crippen molar-refractivity contribution < 1.29 is 40.6 Å². The maximum Gasteiger partial charge on any atom is 0.395 e. The van der Waals surface area contributed by atoms with Crippen LogP contribution >= 0.6 is 0 Å². The topological polar surface area (TPSA) is 40.1 Å². The van der Waals surface area contributed by atoms with Gasteiger partial charge in [-0.2, -0.15) is 30.7 Å². The van der Waals surface area contributed by atoms with Gasteiger partial charge in [0, 0.05) is 0 Å². The fourth-order valence-corrected chi connectivity index (χ4v) is 0.806. The minimum absolute atomic E-state index is 0.507. The van der Waals surface area contributed by atoms with Gasteiger partial charge in [0.25, 0.3) is 0 Å². The molecular formula is C8H6F7O2-. The molecule has 0 amide bonds. The van der Waals surface area contributed by atoms with Crippen molar-refractivity contribution in [1.82, 2.24) is 0 Å². The summed E-state index contributed by atoms with van der Waals surface area (Å²) in [7, 11) is 0. The van der Waals surface area contributed by atoms with E-state index < -0.39 is 42.1 Å². The predicted molar refractivity (Wildman–Crippen MR) is 39.3 cm³/mol. The Morgan fingerprint density at radius 2 is 1.53 bits per heavy atom. The minimum Gasteiger partial charge on any atom is -0.545 e. The second-order valence-corrected chi connectivity index (χ2v) is 3.23. The molecule has 0 aromatic carbocycles. The first-order valence-electron chi connectivity index (χ1n) is 4.02. The van der Waals surface area contributed by atoms with Crippen LogP contribution in [0.3, 0.4) is 0 Å². The van der Waals surface area contributed by atoms with E-state index in [1.807, 2.05) is 0 Å². The van der Waals surface area contributed by atoms with Gasteiger partial charge in [-0.25, -0.2) is 0 Å². The van der Waals surface area contributed by atoms with E-state index in [0.717, 1.165) is 0 Å². The summed E-state index contributed by atoms with van der Waals surface area (Å²) in [5.41, 5.74) is -1.28. The van der Waals surface area contributed by atoms with Crippen LogP contribution in [-0.4, -0.2) is 24.0 Å². The molecule has 0 unspecified atom stereocenters. The van der Waals surface area contributed by atoms with E-state index in [4.69, 9.17) is 0 Å². The summed E-state index contributed by atoms with van der Waals surface area (Å²) in [6.45, 7) is 0.507. The second-order valence-electron chi connectivity index (χ2n) is 3.23. The lowest BCUT2D eigenvalue weighted by atomic mass is 10.1. The second kappa shape index (κ2) is 4.53. The Balaban J connectivity index is 5.17. The molecule has 0 saturated heterocycles. The summed E-state index contributed by atoms with van der Waals surface area (Å²) in [5, 5.41) is 10.0. The molecule has 0 fully saturated rings. The largest absolute Gasteiger partial charge is 0.545 e. The van der Waals surface area contributed by atoms with Gasteiger partial charge in [0.05, 0.1) is 5.97 Å². The van der Waals surface area contributed by atoms with E-state index in [1.165, 1.54) is 0 Å². The lowest BCUT2D eigenvalue weighted by Gasteiger charge is -2.25. The molecule has 0 N–H and O–H groups in total. The maximum atomic E-state index is 12.7. The van der Waals surface area contributed by atoms with Crippen LogP contribution in [0.25, 0.3) is 0 Å². The average molecular weight is 267 g/mol. The normalized spacial score (nSPS) is 14.9. The number of halogens is 7. The number of hydrogen-bond acceptors (Lipinski definition) is 2. The standard InChI is InChI=1S/C8H7F7O2/c1-4(5(16)17)2-6(9,10)7(11,12)3-8(13,14)15/h2H,3H2,1H3,(H,16,17)/p-1. The SMILES string of the molecule is CC(=CC(F)(F)C(F)(F)CC(F)(F)F)C(=O)[O-]. The van der Waals surface area contributed by atoms with Crippen molar-refractivity contribution in [2.24, 2.45) is 0 Å². The summed E-state index contributed by atoms with van der Waals surface area (Å²) < 4.78 is 85.5. The van der Waals surface area contributed by atoms with Gasteiger partial charge in [-0.05, 0) is 18.6 Å². The van der Waals surface area contributed by atoms with Crippen molar-refractivity contribution in [3.05, 3.63) is 11.6 Å². The molecule has 0 aromatic heterocycles. The summed E-state index contributed by atoms with van der Waals surface area (Å²) in [6.07, 6.45) is -9.31. The van der Waals surface area contributed by atoms with Gasteiger partial charge in [0.2, 0.25) is 0 Å². The monoisotopic (exact) mass is 267 g/mol. The van der Waals surface area contributed by atoms with E-state index in [0.29, 0.717) is 6.92 Å². The molecule has 0 heterocycles. The van der Waals surface area contributed by atoms with E-state index in [9.17, 15) is 40.6 Å². The molecule has 0 radical (unpaired) electrons. The van der Waals surface area contributed by atoms with Crippen LogP contribution in [0.5, 0.6) is 0 Å². The number of carboxylic acid groups (broad SMARTS) is 1. The van der Waals surface area contributed by atoms with E-state index in [-0.39, 0.29) is 0 Å². The van der Waals surface area contributed by atoms with Crippen molar-refractivity contribution in [3.8, 4) is 0 Å². The van der Waals surface area contributed by atoms with Crippen molar-refractivity contribution in [2.45, 2.75) is 31.4 Å². The number of alkyl halides is 7. The van der Waals surface area contributed by atoms with Crippen molar-refractivity contribution in [3.63, 3.8) is 0 Å². The Morgan fingerprint density at radius 3 is 1.82 bits per heavy atom. The summed E-state index contributed by atoms with van der Waals surface area (Å²) in [6, 6.07) is 0. The predicted octanol–water partition coefficient (Wildman–Crippen LogP) is 1.91. The van der Waals surface area contributed by atoms with Gasteiger partial charge < -0.3 is 9.90 Å². The number of carbonyl (C=O) groups is 1. The number of carbonyl (C=O) groups excluding carboxylic acids is 1. The Hall–Kier alpha value is -1.28. The molecule has 100 valence electrons. The summed E-state index contributed by atoms with van der Waals surface area (Å²) >= 11 is 0. The fraction of sp³-hybridized carbons (Fsp3) is 0.625. The molecule has 0 atom stereocenters. The lowest BCUT2D eigenvalue weighted by molar-refractivity contribution is -0.299. The third-order valence-electron chi connectivity index (χ3n) is 1.63. The number of hydrogen-bond donors (Lipinski definition) is 0. The van der Waals surface area contributed by atoms with Gasteiger partial charge >= 0.3 is 18.0 Å². The third-order valence-corrected chi connectivity index (χ3v) is 1.63. The molecule has 17 heavy (non-hydrogen) atoms. The highest BCUT2D eigenvalue weighted by Gasteiger charge is 2.59. The van der Waals surface area contributed by atoms with Crippen LogP contribution in [0.15, 0.2) is 11.6 Å². The van der Waals surface area contributed by atoms with Gasteiger partial charge in [-0.1, -0.05) is 0 Å². The van der Waals surface area contributed by atoms with Crippen LogP contribution in [0.4, 0.5) is 30.7 Å². The molecule has 0 saturated carbocycles. The highest BCUT2D eigenvalue weighted by atomic mass is 19.4. The molecule has 2 nitrogen and oxygen atoms in total. The molecule has 0 aliphatic rings. The molecule has 0 bridgehead atoms. The summed E-state index contributed by atoms with van der Waals surface area (Å²) in [5.74, 6) is -12.8. The van der Waals surface area contributed by atoms with Crippen LogP contribution in [0.1, 0.15) is 13.3 Å². The Kier molecular flexibility index (Phi) is 4.19. The van der Waals surface area contributed by atoms with E-state index >= 15 is 0 Å². The number of allylic oxidation sites excluding steroid dienone is 1. The van der Waals surface area contributed by atoms with Crippen LogP contribution < -0.4 is 5.11 Å². The highest BCUT2D eigenvalue weighted by Crippen LogP contribution is 2.43. The first-order chi connectivity index (χ1) is 7.28. The van der Waals surface area contributed by atoms with E-state index in [1.54, 1.807) is 0 Å². The molecule has 0 spiro atoms. The maximum absolute atomic E-state index is 12.7. The highest BCUT2D eigenvalue weighted by molar-refractivity contribution is 5.84. The zero-order chi connectivity index (χ0) is 14.1. The van der Waals surface area contributed by atoms with Crippen LogP contribution in [-0.2, 0) is 4.79 Å². The van der Waals surface area contributed by atoms with Crippen molar-refractivity contribution >= 4 is 5.97 Å². The van der Waals surface area contributed by atoms with Crippen LogP contribution in [0, 0.1) is 0 Å². The lowest BCUT2D eigenvalue weighted by Crippen LogP contribution is -2.43. The first kappa shape index (κ1) is 15.7. The quantitative estimate of drug-likeness (QED) is 0.576. The fourth-order valence-electron chi connectivity index (χ4n) is 0.806. The molecule has 0 aliphatic heterocycles. The third kappa shape index (κ3) is 4.61. The first-order valence-corrected chi connectivity index (χ1v) is 4.02. The molecule has 9 heteroatoms. The van der Waals surface area contributed by atoms with Gasteiger partial charge in [-0.15, -0.1) is 0 Å². The number of aliphatic carboxylic acids is 1.